The van der Waals surface area contributed by atoms with E-state index in [4.69, 9.17) is 14.5 Å². The molecular formula is C19H31NO5. The Kier molecular flexibility index (Phi) is 6.77. The molecule has 1 heterocycles. The van der Waals surface area contributed by atoms with E-state index in [0.717, 1.165) is 17.7 Å². The first-order valence-corrected chi connectivity index (χ1v) is 9.14. The Balaban J connectivity index is 1.94. The van der Waals surface area contributed by atoms with Gasteiger partial charge in [0.15, 0.2) is 0 Å². The molecule has 25 heavy (non-hydrogen) atoms. The topological polar surface area (TPSA) is 65.1 Å². The second kappa shape index (κ2) is 8.43. The summed E-state index contributed by atoms with van der Waals surface area (Å²) >= 11 is 0. The van der Waals surface area contributed by atoms with Crippen molar-refractivity contribution < 1.29 is 24.1 Å². The predicted molar refractivity (Wildman–Crippen MR) is 93.2 cm³/mol. The van der Waals surface area contributed by atoms with Crippen molar-refractivity contribution in [2.75, 3.05) is 13.7 Å². The highest BCUT2D eigenvalue weighted by atomic mass is 17.2. The molecule has 142 valence electrons. The van der Waals surface area contributed by atoms with Crippen LogP contribution in [-0.2, 0) is 24.1 Å². The zero-order valence-electron chi connectivity index (χ0n) is 16.2. The van der Waals surface area contributed by atoms with Gasteiger partial charge >= 0.3 is 0 Å². The molecule has 1 fully saturated rings. The summed E-state index contributed by atoms with van der Waals surface area (Å²) in [6.45, 7) is 9.96. The first-order valence-electron chi connectivity index (χ1n) is 9.14. The summed E-state index contributed by atoms with van der Waals surface area (Å²) in [7, 11) is 1.48. The molecule has 0 radical (unpaired) electrons. The number of nitrogens with zero attached hydrogens (tertiary/aromatic N) is 1. The summed E-state index contributed by atoms with van der Waals surface area (Å²) in [5.41, 5.74) is 0.948. The summed E-state index contributed by atoms with van der Waals surface area (Å²) in [5.74, 6) is 0.966. The van der Waals surface area contributed by atoms with Crippen molar-refractivity contribution in [3.05, 3.63) is 11.1 Å². The van der Waals surface area contributed by atoms with Gasteiger partial charge in [0.05, 0.1) is 12.6 Å². The normalized spacial score (nSPS) is 29.1. The predicted octanol–water partition coefficient (Wildman–Crippen LogP) is 3.07. The molecule has 1 saturated carbocycles. The van der Waals surface area contributed by atoms with Gasteiger partial charge in [-0.25, -0.2) is 9.78 Å². The highest BCUT2D eigenvalue weighted by molar-refractivity contribution is 6.18. The molecule has 0 aromatic heterocycles. The Bertz CT molecular complexity index is 518. The van der Waals surface area contributed by atoms with Gasteiger partial charge in [-0.1, -0.05) is 27.2 Å². The van der Waals surface area contributed by atoms with Gasteiger partial charge in [-0.05, 0) is 44.4 Å². The highest BCUT2D eigenvalue weighted by Crippen LogP contribution is 2.35. The number of carbonyl (C=O) groups is 2. The van der Waals surface area contributed by atoms with Crippen LogP contribution in [0.1, 0.15) is 53.9 Å². The van der Waals surface area contributed by atoms with Crippen molar-refractivity contribution in [1.29, 1.82) is 0 Å². The third kappa shape index (κ3) is 4.49. The molecule has 6 heteroatoms. The van der Waals surface area contributed by atoms with E-state index in [0.29, 0.717) is 28.9 Å². The second-order valence-corrected chi connectivity index (χ2v) is 7.69. The molecule has 0 saturated heterocycles. The van der Waals surface area contributed by atoms with E-state index in [1.807, 2.05) is 0 Å². The lowest BCUT2D eigenvalue weighted by atomic mass is 9.75. The monoisotopic (exact) mass is 353 g/mol. The Morgan fingerprint density at radius 1 is 1.12 bits per heavy atom. The third-order valence-electron chi connectivity index (χ3n) is 5.54. The lowest BCUT2D eigenvalue weighted by Crippen LogP contribution is -2.41. The maximum Gasteiger partial charge on any atom is 0.257 e. The Morgan fingerprint density at radius 3 is 2.24 bits per heavy atom. The van der Waals surface area contributed by atoms with Gasteiger partial charge in [0.25, 0.3) is 11.8 Å². The van der Waals surface area contributed by atoms with Crippen LogP contribution in [0.5, 0.6) is 0 Å². The second-order valence-electron chi connectivity index (χ2n) is 7.69. The molecule has 0 bridgehead atoms. The SMILES string of the molecule is COC(CN1C(=O)C(C)=C(C)C1=O)OOC1CC(C)CCC1C(C)C. The highest BCUT2D eigenvalue weighted by Gasteiger charge is 2.37. The molecular weight excluding hydrogens is 322 g/mol. The Hall–Kier alpha value is -1.24. The van der Waals surface area contributed by atoms with Gasteiger partial charge in [0, 0.05) is 18.3 Å². The van der Waals surface area contributed by atoms with Crippen molar-refractivity contribution >= 4 is 11.8 Å². The quantitative estimate of drug-likeness (QED) is 0.305. The Labute approximate surface area is 150 Å². The largest absolute Gasteiger partial charge is 0.352 e. The van der Waals surface area contributed by atoms with E-state index in [-0.39, 0.29) is 24.5 Å². The smallest absolute Gasteiger partial charge is 0.257 e. The summed E-state index contributed by atoms with van der Waals surface area (Å²) in [5, 5.41) is 0. The molecule has 0 N–H and O–H groups in total. The van der Waals surface area contributed by atoms with Gasteiger partial charge in [-0.2, -0.15) is 0 Å². The maximum atomic E-state index is 12.2. The summed E-state index contributed by atoms with van der Waals surface area (Å²) in [6.07, 6.45) is 2.48. The molecule has 2 amide bonds. The van der Waals surface area contributed by atoms with Crippen LogP contribution in [0.2, 0.25) is 0 Å². The molecule has 4 unspecified atom stereocenters. The van der Waals surface area contributed by atoms with Crippen LogP contribution in [0.4, 0.5) is 0 Å². The minimum atomic E-state index is -0.795. The summed E-state index contributed by atoms with van der Waals surface area (Å²) in [4.78, 5) is 36.7. The van der Waals surface area contributed by atoms with E-state index >= 15 is 0 Å². The fourth-order valence-corrected chi connectivity index (χ4v) is 3.64. The standard InChI is InChI=1S/C19H31NO5/c1-11(2)15-8-7-12(3)9-16(15)24-25-17(23-6)10-20-18(21)13(4)14(5)19(20)22/h11-12,15-17H,7-10H2,1-6H3. The molecule has 6 nitrogen and oxygen atoms in total. The number of amides is 2. The number of carbonyl (C=O) groups excluding carboxylic acids is 2. The molecule has 2 rings (SSSR count). The minimum absolute atomic E-state index is 0.00739. The molecule has 0 spiro atoms. The van der Waals surface area contributed by atoms with E-state index in [1.54, 1.807) is 13.8 Å². The zero-order chi connectivity index (χ0) is 18.7. The number of hydrogen-bond acceptors (Lipinski definition) is 5. The number of ether oxygens (including phenoxy) is 1. The van der Waals surface area contributed by atoms with Crippen molar-refractivity contribution in [3.8, 4) is 0 Å². The first kappa shape index (κ1) is 20.1. The van der Waals surface area contributed by atoms with Gasteiger partial charge in [-0.3, -0.25) is 14.5 Å². The molecule has 2 aliphatic rings. The van der Waals surface area contributed by atoms with Crippen LogP contribution in [-0.4, -0.2) is 42.8 Å². The molecule has 0 aromatic rings. The fourth-order valence-electron chi connectivity index (χ4n) is 3.64. The van der Waals surface area contributed by atoms with Crippen LogP contribution in [0, 0.1) is 17.8 Å². The van der Waals surface area contributed by atoms with Gasteiger partial charge in [0.2, 0.25) is 6.29 Å². The van der Waals surface area contributed by atoms with Crippen molar-refractivity contribution in [1.82, 2.24) is 4.90 Å². The molecule has 1 aliphatic heterocycles. The van der Waals surface area contributed by atoms with Crippen LogP contribution >= 0.6 is 0 Å². The van der Waals surface area contributed by atoms with Gasteiger partial charge < -0.3 is 4.74 Å². The van der Waals surface area contributed by atoms with Crippen LogP contribution in [0.3, 0.4) is 0 Å². The average Bonchev–Trinajstić information content (AvgIpc) is 2.75. The van der Waals surface area contributed by atoms with E-state index < -0.39 is 6.29 Å². The van der Waals surface area contributed by atoms with Crippen molar-refractivity contribution in [3.63, 3.8) is 0 Å². The molecule has 0 aromatic carbocycles. The number of hydrogen-bond donors (Lipinski definition) is 0. The van der Waals surface area contributed by atoms with Crippen molar-refractivity contribution in [2.24, 2.45) is 17.8 Å². The lowest BCUT2D eigenvalue weighted by molar-refractivity contribution is -0.406. The van der Waals surface area contributed by atoms with E-state index in [1.165, 1.54) is 13.5 Å². The van der Waals surface area contributed by atoms with Crippen LogP contribution in [0.15, 0.2) is 11.1 Å². The maximum absolute atomic E-state index is 12.2. The van der Waals surface area contributed by atoms with Crippen LogP contribution in [0.25, 0.3) is 0 Å². The van der Waals surface area contributed by atoms with Gasteiger partial charge in [-0.15, -0.1) is 0 Å². The van der Waals surface area contributed by atoms with Gasteiger partial charge in [0.1, 0.15) is 0 Å². The fraction of sp³-hybridized carbons (Fsp3) is 0.789. The molecule has 1 aliphatic carbocycles. The zero-order valence-corrected chi connectivity index (χ0v) is 16.2. The van der Waals surface area contributed by atoms with E-state index in [9.17, 15) is 9.59 Å². The average molecular weight is 353 g/mol. The summed E-state index contributed by atoms with van der Waals surface area (Å²) in [6, 6.07) is 0. The number of rotatable bonds is 7. The summed E-state index contributed by atoms with van der Waals surface area (Å²) < 4.78 is 5.28. The van der Waals surface area contributed by atoms with E-state index in [2.05, 4.69) is 20.8 Å². The third-order valence-corrected chi connectivity index (χ3v) is 5.54. The number of methoxy groups -OCH3 is 1. The molecule has 4 atom stereocenters. The minimum Gasteiger partial charge on any atom is -0.352 e. The Morgan fingerprint density at radius 2 is 1.72 bits per heavy atom. The van der Waals surface area contributed by atoms with Crippen LogP contribution < -0.4 is 0 Å². The first-order chi connectivity index (χ1) is 11.8. The lowest BCUT2D eigenvalue weighted by Gasteiger charge is -2.36. The number of imide groups is 1. The van der Waals surface area contributed by atoms with Crippen molar-refractivity contribution in [2.45, 2.75) is 66.3 Å².